The third-order valence-corrected chi connectivity index (χ3v) is 3.55. The first-order valence-corrected chi connectivity index (χ1v) is 7.11. The number of benzene rings is 2. The van der Waals surface area contributed by atoms with E-state index in [9.17, 15) is 14.7 Å². The molecule has 0 radical (unpaired) electrons. The summed E-state index contributed by atoms with van der Waals surface area (Å²) in [5, 5.41) is 11.9. The first kappa shape index (κ1) is 14.9. The highest BCUT2D eigenvalue weighted by Gasteiger charge is 2.22. The second-order valence-corrected chi connectivity index (χ2v) is 5.09. The van der Waals surface area contributed by atoms with E-state index in [0.717, 1.165) is 0 Å². The van der Waals surface area contributed by atoms with Crippen molar-refractivity contribution in [2.24, 2.45) is 0 Å². The predicted octanol–water partition coefficient (Wildman–Crippen LogP) is 2.72. The molecule has 1 aliphatic heterocycles. The van der Waals surface area contributed by atoms with Crippen molar-refractivity contribution in [1.82, 2.24) is 0 Å². The smallest absolute Gasteiger partial charge is 0.337 e. The summed E-state index contributed by atoms with van der Waals surface area (Å²) in [4.78, 5) is 23.9. The molecule has 1 heterocycles. The van der Waals surface area contributed by atoms with Crippen molar-refractivity contribution in [1.29, 1.82) is 0 Å². The molecule has 0 fully saturated rings. The Morgan fingerprint density at radius 1 is 1.04 bits per heavy atom. The Balaban J connectivity index is 1.96. The van der Waals surface area contributed by atoms with Gasteiger partial charge >= 0.3 is 5.97 Å². The number of rotatable bonds is 3. The summed E-state index contributed by atoms with van der Waals surface area (Å²) in [6.45, 7) is 2.53. The molecule has 0 atom stereocenters. The van der Waals surface area contributed by atoms with Crippen LogP contribution in [0, 0.1) is 6.92 Å². The van der Waals surface area contributed by atoms with Crippen LogP contribution in [0.5, 0.6) is 11.5 Å². The van der Waals surface area contributed by atoms with Crippen molar-refractivity contribution in [3.8, 4) is 11.5 Å². The topological polar surface area (TPSA) is 84.9 Å². The van der Waals surface area contributed by atoms with Crippen LogP contribution in [0.2, 0.25) is 0 Å². The number of hydrogen-bond acceptors (Lipinski definition) is 4. The standard InChI is InChI=1S/C17H15NO5/c1-10-4-2-5-11(17(20)21)14(10)18-16(19)12-6-3-7-13-15(12)23-9-8-22-13/h2-7H,8-9H2,1H3,(H,18,19)(H,20,21). The summed E-state index contributed by atoms with van der Waals surface area (Å²) in [5.41, 5.74) is 1.29. The van der Waals surface area contributed by atoms with E-state index in [2.05, 4.69) is 5.32 Å². The molecular formula is C17H15NO5. The van der Waals surface area contributed by atoms with Crippen LogP contribution in [0.15, 0.2) is 36.4 Å². The molecule has 0 aromatic heterocycles. The molecular weight excluding hydrogens is 298 g/mol. The van der Waals surface area contributed by atoms with Crippen LogP contribution >= 0.6 is 0 Å². The number of nitrogens with one attached hydrogen (secondary N) is 1. The van der Waals surface area contributed by atoms with E-state index in [1.54, 1.807) is 37.3 Å². The van der Waals surface area contributed by atoms with Gasteiger partial charge in [-0.25, -0.2) is 4.79 Å². The second-order valence-electron chi connectivity index (χ2n) is 5.09. The number of anilines is 1. The van der Waals surface area contributed by atoms with Crippen LogP contribution in [0.25, 0.3) is 0 Å². The Morgan fingerprint density at radius 3 is 2.52 bits per heavy atom. The number of carboxylic acid groups (broad SMARTS) is 1. The van der Waals surface area contributed by atoms with Crippen molar-refractivity contribution < 1.29 is 24.2 Å². The molecule has 1 aliphatic rings. The van der Waals surface area contributed by atoms with Crippen molar-refractivity contribution in [3.05, 3.63) is 53.1 Å². The Labute approximate surface area is 132 Å². The number of amides is 1. The number of carboxylic acids is 1. The van der Waals surface area contributed by atoms with Gasteiger partial charge in [0.15, 0.2) is 11.5 Å². The fourth-order valence-electron chi connectivity index (χ4n) is 2.45. The SMILES string of the molecule is Cc1cccc(C(=O)O)c1NC(=O)c1cccc2c1OCCO2. The number of ether oxygens (including phenoxy) is 2. The summed E-state index contributed by atoms with van der Waals surface area (Å²) in [6, 6.07) is 9.85. The van der Waals surface area contributed by atoms with Crippen LogP contribution < -0.4 is 14.8 Å². The largest absolute Gasteiger partial charge is 0.486 e. The molecule has 0 bridgehead atoms. The van der Waals surface area contributed by atoms with E-state index in [1.165, 1.54) is 6.07 Å². The molecule has 0 saturated carbocycles. The van der Waals surface area contributed by atoms with Crippen molar-refractivity contribution in [2.75, 3.05) is 18.5 Å². The Bertz CT molecular complexity index is 785. The van der Waals surface area contributed by atoms with Crippen molar-refractivity contribution in [2.45, 2.75) is 6.92 Å². The normalized spacial score (nSPS) is 12.6. The minimum Gasteiger partial charge on any atom is -0.486 e. The molecule has 1 amide bonds. The maximum atomic E-state index is 12.6. The quantitative estimate of drug-likeness (QED) is 0.910. The van der Waals surface area contributed by atoms with Crippen LogP contribution in [0.1, 0.15) is 26.3 Å². The van der Waals surface area contributed by atoms with Crippen LogP contribution in [-0.2, 0) is 0 Å². The number of para-hydroxylation sites is 2. The minimum atomic E-state index is -1.10. The zero-order chi connectivity index (χ0) is 16.4. The van der Waals surface area contributed by atoms with Crippen molar-refractivity contribution >= 4 is 17.6 Å². The average molecular weight is 313 g/mol. The van der Waals surface area contributed by atoms with Gasteiger partial charge in [0, 0.05) is 0 Å². The summed E-state index contributed by atoms with van der Waals surface area (Å²) in [7, 11) is 0. The van der Waals surface area contributed by atoms with Gasteiger partial charge in [-0.3, -0.25) is 4.79 Å². The highest BCUT2D eigenvalue weighted by Crippen LogP contribution is 2.34. The highest BCUT2D eigenvalue weighted by molar-refractivity contribution is 6.10. The first-order valence-electron chi connectivity index (χ1n) is 7.11. The predicted molar refractivity (Wildman–Crippen MR) is 83.5 cm³/mol. The zero-order valence-electron chi connectivity index (χ0n) is 12.5. The molecule has 6 nitrogen and oxygen atoms in total. The van der Waals surface area contributed by atoms with Gasteiger partial charge in [0.05, 0.1) is 16.8 Å². The minimum absolute atomic E-state index is 0.0420. The van der Waals surface area contributed by atoms with Gasteiger partial charge in [-0.1, -0.05) is 18.2 Å². The molecule has 0 aliphatic carbocycles. The van der Waals surface area contributed by atoms with E-state index in [-0.39, 0.29) is 11.3 Å². The van der Waals surface area contributed by atoms with Gasteiger partial charge < -0.3 is 19.9 Å². The summed E-state index contributed by atoms with van der Waals surface area (Å²) >= 11 is 0. The lowest BCUT2D eigenvalue weighted by molar-refractivity contribution is 0.0698. The van der Waals surface area contributed by atoms with E-state index >= 15 is 0 Å². The van der Waals surface area contributed by atoms with Gasteiger partial charge in [-0.05, 0) is 30.7 Å². The Kier molecular flexibility index (Phi) is 3.89. The molecule has 2 aromatic rings. The second kappa shape index (κ2) is 6.00. The Hall–Kier alpha value is -3.02. The monoisotopic (exact) mass is 313 g/mol. The molecule has 118 valence electrons. The maximum Gasteiger partial charge on any atom is 0.337 e. The number of carbonyl (C=O) groups excluding carboxylic acids is 1. The Morgan fingerprint density at radius 2 is 1.74 bits per heavy atom. The van der Waals surface area contributed by atoms with Gasteiger partial charge in [0.25, 0.3) is 5.91 Å². The number of aryl methyl sites for hydroxylation is 1. The highest BCUT2D eigenvalue weighted by atomic mass is 16.6. The van der Waals surface area contributed by atoms with Gasteiger partial charge in [-0.2, -0.15) is 0 Å². The average Bonchev–Trinajstić information content (AvgIpc) is 2.55. The molecule has 2 aromatic carbocycles. The third kappa shape index (κ3) is 2.83. The molecule has 23 heavy (non-hydrogen) atoms. The first-order chi connectivity index (χ1) is 11.1. The zero-order valence-corrected chi connectivity index (χ0v) is 12.5. The summed E-state index contributed by atoms with van der Waals surface area (Å²) < 4.78 is 11.0. The van der Waals surface area contributed by atoms with Gasteiger partial charge in [0.2, 0.25) is 0 Å². The fourth-order valence-corrected chi connectivity index (χ4v) is 2.45. The lowest BCUT2D eigenvalue weighted by Gasteiger charge is -2.21. The third-order valence-electron chi connectivity index (χ3n) is 3.55. The molecule has 2 N–H and O–H groups in total. The molecule has 0 unspecified atom stereocenters. The van der Waals surface area contributed by atoms with Gasteiger partial charge in [-0.15, -0.1) is 0 Å². The number of carbonyl (C=O) groups is 2. The van der Waals surface area contributed by atoms with Crippen LogP contribution in [0.4, 0.5) is 5.69 Å². The molecule has 0 spiro atoms. The number of hydrogen-bond donors (Lipinski definition) is 2. The fraction of sp³-hybridized carbons (Fsp3) is 0.176. The van der Waals surface area contributed by atoms with Gasteiger partial charge in [0.1, 0.15) is 13.2 Å². The molecule has 6 heteroatoms. The van der Waals surface area contributed by atoms with E-state index < -0.39 is 11.9 Å². The lowest BCUT2D eigenvalue weighted by atomic mass is 10.1. The number of fused-ring (bicyclic) bond motifs is 1. The maximum absolute atomic E-state index is 12.6. The number of aromatic carboxylic acids is 1. The van der Waals surface area contributed by atoms with E-state index in [0.29, 0.717) is 35.8 Å². The summed E-state index contributed by atoms with van der Waals surface area (Å²) in [6.07, 6.45) is 0. The van der Waals surface area contributed by atoms with Crippen LogP contribution in [0.3, 0.4) is 0 Å². The van der Waals surface area contributed by atoms with E-state index in [4.69, 9.17) is 9.47 Å². The molecule has 0 saturated heterocycles. The van der Waals surface area contributed by atoms with Crippen molar-refractivity contribution in [3.63, 3.8) is 0 Å². The summed E-state index contributed by atoms with van der Waals surface area (Å²) in [5.74, 6) is -0.656. The lowest BCUT2D eigenvalue weighted by Crippen LogP contribution is -2.21. The van der Waals surface area contributed by atoms with E-state index in [1.807, 2.05) is 0 Å². The van der Waals surface area contributed by atoms with Crippen LogP contribution in [-0.4, -0.2) is 30.2 Å². The molecule has 3 rings (SSSR count).